The Balaban J connectivity index is 0.00000218. The van der Waals surface area contributed by atoms with E-state index < -0.39 is 0 Å². The van der Waals surface area contributed by atoms with Crippen LogP contribution in [0.5, 0.6) is 0 Å². The number of nitrogens with one attached hydrogen (secondary N) is 1. The van der Waals surface area contributed by atoms with Crippen LogP contribution in [0.25, 0.3) is 5.82 Å². The summed E-state index contributed by atoms with van der Waals surface area (Å²) >= 11 is 0. The molecule has 1 saturated heterocycles. The standard InChI is InChI=1S/C21H26N8.H2/c1-15-9-17(11-19(10-15)28-7-5-27(6-8-28)18-3-4-18)25-21-23-14-29(26-21)20-13-22-12-16(2)24-20;/h9-14,18H,3-8H2,1-2H3,(H,25,26);1H. The van der Waals surface area contributed by atoms with Crippen LogP contribution in [-0.4, -0.2) is 61.9 Å². The monoisotopic (exact) mass is 392 g/mol. The van der Waals surface area contributed by atoms with E-state index in [2.05, 4.69) is 60.3 Å². The Morgan fingerprint density at radius 1 is 1.03 bits per heavy atom. The largest absolute Gasteiger partial charge is 0.369 e. The van der Waals surface area contributed by atoms with Gasteiger partial charge in [-0.15, -0.1) is 5.10 Å². The number of hydrogen-bond acceptors (Lipinski definition) is 7. The molecule has 1 aliphatic carbocycles. The molecule has 2 aromatic heterocycles. The normalized spacial score (nSPS) is 17.5. The van der Waals surface area contributed by atoms with Crippen molar-refractivity contribution in [3.8, 4) is 5.82 Å². The Hall–Kier alpha value is -3.00. The minimum atomic E-state index is 0. The Morgan fingerprint density at radius 2 is 1.86 bits per heavy atom. The highest BCUT2D eigenvalue weighted by Crippen LogP contribution is 2.30. The summed E-state index contributed by atoms with van der Waals surface area (Å²) in [7, 11) is 0. The van der Waals surface area contributed by atoms with Crippen LogP contribution in [0.15, 0.2) is 36.9 Å². The second kappa shape index (κ2) is 7.44. The number of aromatic nitrogens is 5. The van der Waals surface area contributed by atoms with E-state index in [1.807, 2.05) is 6.92 Å². The smallest absolute Gasteiger partial charge is 0.247 e. The molecule has 8 nitrogen and oxygen atoms in total. The van der Waals surface area contributed by atoms with Gasteiger partial charge in [0, 0.05) is 51.2 Å². The number of hydrogen-bond donors (Lipinski definition) is 1. The van der Waals surface area contributed by atoms with Crippen molar-refractivity contribution in [2.75, 3.05) is 36.4 Å². The maximum Gasteiger partial charge on any atom is 0.247 e. The molecule has 1 aromatic carbocycles. The molecule has 0 spiro atoms. The molecule has 1 N–H and O–H groups in total. The van der Waals surface area contributed by atoms with Gasteiger partial charge < -0.3 is 10.2 Å². The fraction of sp³-hybridized carbons (Fsp3) is 0.429. The number of aryl methyl sites for hydroxylation is 2. The fourth-order valence-corrected chi connectivity index (χ4v) is 3.92. The summed E-state index contributed by atoms with van der Waals surface area (Å²) < 4.78 is 1.64. The van der Waals surface area contributed by atoms with Crippen LogP contribution in [-0.2, 0) is 0 Å². The molecule has 5 rings (SSSR count). The van der Waals surface area contributed by atoms with Gasteiger partial charge in [-0.25, -0.2) is 4.98 Å². The number of benzene rings is 1. The van der Waals surface area contributed by atoms with Crippen molar-refractivity contribution in [1.82, 2.24) is 29.6 Å². The molecular formula is C21H28N8. The third kappa shape index (κ3) is 4.07. The molecule has 2 aliphatic rings. The first-order chi connectivity index (χ1) is 14.1. The lowest BCUT2D eigenvalue weighted by molar-refractivity contribution is 0.248. The van der Waals surface area contributed by atoms with E-state index in [0.29, 0.717) is 11.8 Å². The number of piperazine rings is 1. The van der Waals surface area contributed by atoms with Crippen molar-refractivity contribution in [3.63, 3.8) is 0 Å². The first-order valence-electron chi connectivity index (χ1n) is 10.2. The molecule has 3 heterocycles. The molecule has 0 radical (unpaired) electrons. The predicted molar refractivity (Wildman–Crippen MR) is 115 cm³/mol. The molecule has 0 bridgehead atoms. The zero-order valence-electron chi connectivity index (χ0n) is 16.9. The first kappa shape index (κ1) is 18.1. The lowest BCUT2D eigenvalue weighted by Gasteiger charge is -2.36. The summed E-state index contributed by atoms with van der Waals surface area (Å²) in [4.78, 5) is 18.1. The van der Waals surface area contributed by atoms with E-state index in [1.165, 1.54) is 24.1 Å². The molecule has 3 aromatic rings. The van der Waals surface area contributed by atoms with Crippen molar-refractivity contribution >= 4 is 17.3 Å². The Kier molecular flexibility index (Phi) is 4.63. The van der Waals surface area contributed by atoms with Crippen LogP contribution < -0.4 is 10.2 Å². The number of anilines is 3. The second-order valence-corrected chi connectivity index (χ2v) is 7.97. The maximum atomic E-state index is 4.50. The van der Waals surface area contributed by atoms with Crippen LogP contribution in [0, 0.1) is 13.8 Å². The van der Waals surface area contributed by atoms with Gasteiger partial charge in [-0.3, -0.25) is 9.88 Å². The summed E-state index contributed by atoms with van der Waals surface area (Å²) in [5.74, 6) is 1.20. The molecule has 2 fully saturated rings. The van der Waals surface area contributed by atoms with Gasteiger partial charge in [0.25, 0.3) is 0 Å². The van der Waals surface area contributed by atoms with Gasteiger partial charge in [0.05, 0.1) is 11.9 Å². The molecule has 8 heteroatoms. The van der Waals surface area contributed by atoms with Crippen molar-refractivity contribution in [1.29, 1.82) is 0 Å². The lowest BCUT2D eigenvalue weighted by atomic mass is 10.1. The second-order valence-electron chi connectivity index (χ2n) is 7.97. The average molecular weight is 393 g/mol. The molecule has 0 amide bonds. The highest BCUT2D eigenvalue weighted by molar-refractivity contribution is 5.64. The summed E-state index contributed by atoms with van der Waals surface area (Å²) in [6.07, 6.45) is 7.81. The SMILES string of the molecule is Cc1cc(Nc2ncn(-c3cncc(C)n3)n2)cc(N2CCN(C3CC3)CC2)c1.[HH]. The average Bonchev–Trinajstić information content (AvgIpc) is 3.47. The molecular weight excluding hydrogens is 364 g/mol. The van der Waals surface area contributed by atoms with E-state index in [0.717, 1.165) is 43.6 Å². The van der Waals surface area contributed by atoms with E-state index >= 15 is 0 Å². The minimum Gasteiger partial charge on any atom is -0.369 e. The fourth-order valence-electron chi connectivity index (χ4n) is 3.92. The zero-order chi connectivity index (χ0) is 19.8. The van der Waals surface area contributed by atoms with Crippen LogP contribution in [0.1, 0.15) is 25.5 Å². The summed E-state index contributed by atoms with van der Waals surface area (Å²) in [6.45, 7) is 8.52. The van der Waals surface area contributed by atoms with Crippen LogP contribution in [0.3, 0.4) is 0 Å². The van der Waals surface area contributed by atoms with Crippen molar-refractivity contribution in [2.24, 2.45) is 0 Å². The van der Waals surface area contributed by atoms with Gasteiger partial charge in [0.15, 0.2) is 5.82 Å². The van der Waals surface area contributed by atoms with Crippen LogP contribution >= 0.6 is 0 Å². The van der Waals surface area contributed by atoms with E-state index in [-0.39, 0.29) is 1.43 Å². The zero-order valence-corrected chi connectivity index (χ0v) is 16.9. The third-order valence-electron chi connectivity index (χ3n) is 5.53. The minimum absolute atomic E-state index is 0. The van der Waals surface area contributed by atoms with Crippen molar-refractivity contribution in [3.05, 3.63) is 48.2 Å². The molecule has 0 unspecified atom stereocenters. The highest BCUT2D eigenvalue weighted by Gasteiger charge is 2.31. The van der Waals surface area contributed by atoms with E-state index in [9.17, 15) is 0 Å². The van der Waals surface area contributed by atoms with Crippen molar-refractivity contribution in [2.45, 2.75) is 32.7 Å². The quantitative estimate of drug-likeness (QED) is 0.715. The maximum absolute atomic E-state index is 4.50. The summed E-state index contributed by atoms with van der Waals surface area (Å²) in [5.41, 5.74) is 4.32. The van der Waals surface area contributed by atoms with E-state index in [1.54, 1.807) is 23.4 Å². The Morgan fingerprint density at radius 3 is 2.62 bits per heavy atom. The van der Waals surface area contributed by atoms with Gasteiger partial charge in [-0.1, -0.05) is 0 Å². The highest BCUT2D eigenvalue weighted by atomic mass is 15.4. The topological polar surface area (TPSA) is 75.0 Å². The van der Waals surface area contributed by atoms with Crippen LogP contribution in [0.2, 0.25) is 0 Å². The van der Waals surface area contributed by atoms with Gasteiger partial charge in [0.2, 0.25) is 5.95 Å². The van der Waals surface area contributed by atoms with E-state index in [4.69, 9.17) is 0 Å². The van der Waals surface area contributed by atoms with Crippen molar-refractivity contribution < 1.29 is 1.43 Å². The third-order valence-corrected chi connectivity index (χ3v) is 5.53. The van der Waals surface area contributed by atoms with Gasteiger partial charge in [-0.05, 0) is 50.5 Å². The lowest BCUT2D eigenvalue weighted by Crippen LogP contribution is -2.47. The number of rotatable bonds is 5. The van der Waals surface area contributed by atoms with Gasteiger partial charge >= 0.3 is 0 Å². The number of nitrogens with zero attached hydrogens (tertiary/aromatic N) is 7. The molecule has 152 valence electrons. The summed E-state index contributed by atoms with van der Waals surface area (Å²) in [5, 5.41) is 7.83. The molecule has 0 atom stereocenters. The predicted octanol–water partition coefficient (Wildman–Crippen LogP) is 2.95. The Labute approximate surface area is 172 Å². The van der Waals surface area contributed by atoms with Gasteiger partial charge in [0.1, 0.15) is 6.33 Å². The molecule has 29 heavy (non-hydrogen) atoms. The summed E-state index contributed by atoms with van der Waals surface area (Å²) in [6, 6.07) is 7.42. The Bertz CT molecular complexity index is 1010. The molecule has 1 saturated carbocycles. The first-order valence-corrected chi connectivity index (χ1v) is 10.2. The molecule has 1 aliphatic heterocycles. The van der Waals surface area contributed by atoms with Gasteiger partial charge in [-0.2, -0.15) is 9.67 Å². The van der Waals surface area contributed by atoms with Crippen LogP contribution in [0.4, 0.5) is 17.3 Å².